The highest BCUT2D eigenvalue weighted by molar-refractivity contribution is 5.87. The number of nitrogens with zero attached hydrogens (tertiary/aromatic N) is 1. The van der Waals surface area contributed by atoms with E-state index in [1.165, 1.54) is 0 Å². The summed E-state index contributed by atoms with van der Waals surface area (Å²) in [6.45, 7) is -5.18. The average molecular weight is 363 g/mol. The molecule has 0 aromatic heterocycles. The van der Waals surface area contributed by atoms with E-state index >= 15 is 0 Å². The minimum Gasteiger partial charge on any atom is -0.379 e. The number of halogens is 9. The number of carbonyl (C=O) groups is 1. The van der Waals surface area contributed by atoms with Crippen LogP contribution in [0.5, 0.6) is 0 Å². The van der Waals surface area contributed by atoms with Crippen molar-refractivity contribution < 1.29 is 53.8 Å². The molecule has 1 unspecified atom stereocenters. The van der Waals surface area contributed by atoms with E-state index in [0.29, 0.717) is 0 Å². The topological polar surface area (TPSA) is 38.8 Å². The van der Waals surface area contributed by atoms with E-state index in [1.54, 1.807) is 0 Å². The number of hydrogen-bond donors (Lipinski definition) is 0. The van der Waals surface area contributed by atoms with Gasteiger partial charge in [0.15, 0.2) is 6.67 Å². The molecule has 0 aromatic rings. The van der Waals surface area contributed by atoms with Crippen LogP contribution in [0, 0.1) is 0 Å². The monoisotopic (exact) mass is 363 g/mol. The van der Waals surface area contributed by atoms with Crippen LogP contribution < -0.4 is 0 Å². The van der Waals surface area contributed by atoms with Crippen molar-refractivity contribution in [2.75, 3.05) is 33.0 Å². The first-order chi connectivity index (χ1) is 10.3. The van der Waals surface area contributed by atoms with Crippen molar-refractivity contribution in [1.29, 1.82) is 0 Å². The van der Waals surface area contributed by atoms with Gasteiger partial charge in [0.2, 0.25) is 5.78 Å². The lowest BCUT2D eigenvalue weighted by Gasteiger charge is -2.39. The molecule has 13 heteroatoms. The normalized spacial score (nSPS) is 21.1. The third-order valence-corrected chi connectivity index (χ3v) is 2.87. The van der Waals surface area contributed by atoms with Gasteiger partial charge in [-0.25, -0.2) is 9.29 Å². The fraction of sp³-hybridized carbons (Fsp3) is 0.900. The zero-order chi connectivity index (χ0) is 18.1. The third kappa shape index (κ3) is 3.71. The van der Waals surface area contributed by atoms with Gasteiger partial charge in [-0.15, -0.1) is 0 Å². The first-order valence-corrected chi connectivity index (χ1v) is 5.93. The van der Waals surface area contributed by atoms with Gasteiger partial charge in [0.25, 0.3) is 0 Å². The summed E-state index contributed by atoms with van der Waals surface area (Å²) in [4.78, 5) is 10.4. The maximum Gasteiger partial charge on any atom is 0.456 e. The molecule has 1 fully saturated rings. The van der Waals surface area contributed by atoms with E-state index in [2.05, 4.69) is 9.47 Å². The molecule has 1 saturated heterocycles. The van der Waals surface area contributed by atoms with Gasteiger partial charge in [0, 0.05) is 13.1 Å². The maximum atomic E-state index is 13.6. The first kappa shape index (κ1) is 20.0. The smallest absolute Gasteiger partial charge is 0.379 e. The number of ether oxygens (including phenoxy) is 2. The summed E-state index contributed by atoms with van der Waals surface area (Å²) in [5, 5.41) is 0. The van der Waals surface area contributed by atoms with Crippen molar-refractivity contribution in [3.63, 3.8) is 0 Å². The Balaban J connectivity index is 3.12. The van der Waals surface area contributed by atoms with Gasteiger partial charge in [-0.05, 0) is 0 Å². The van der Waals surface area contributed by atoms with Crippen LogP contribution in [0.25, 0.3) is 0 Å². The fourth-order valence-corrected chi connectivity index (χ4v) is 1.63. The molecular formula is C10H10F9NO3. The summed E-state index contributed by atoms with van der Waals surface area (Å²) in [6.07, 6.45) is -12.6. The van der Waals surface area contributed by atoms with Crippen LogP contribution >= 0.6 is 0 Å². The molecule has 0 bridgehead atoms. The molecule has 23 heavy (non-hydrogen) atoms. The third-order valence-electron chi connectivity index (χ3n) is 2.87. The second kappa shape index (κ2) is 6.43. The summed E-state index contributed by atoms with van der Waals surface area (Å²) in [7, 11) is 0. The molecule has 136 valence electrons. The SMILES string of the molecule is O=C(CF)C(F)(OC(F)(F)C(F)(F)N1CCOCC1)C(F)(F)F. The molecule has 4 nitrogen and oxygen atoms in total. The van der Waals surface area contributed by atoms with Gasteiger partial charge in [-0.2, -0.15) is 35.1 Å². The number of ketones is 1. The van der Waals surface area contributed by atoms with Crippen LogP contribution in [-0.4, -0.2) is 67.8 Å². The van der Waals surface area contributed by atoms with Gasteiger partial charge in [-0.3, -0.25) is 9.53 Å². The van der Waals surface area contributed by atoms with Crippen LogP contribution in [0.2, 0.25) is 0 Å². The van der Waals surface area contributed by atoms with Crippen molar-refractivity contribution in [3.05, 3.63) is 0 Å². The summed E-state index contributed by atoms with van der Waals surface area (Å²) < 4.78 is 124. The van der Waals surface area contributed by atoms with Gasteiger partial charge in [-0.1, -0.05) is 0 Å². The van der Waals surface area contributed by atoms with Crippen LogP contribution in [0.15, 0.2) is 0 Å². The maximum absolute atomic E-state index is 13.6. The number of carbonyl (C=O) groups excluding carboxylic acids is 1. The number of hydrogen-bond acceptors (Lipinski definition) is 4. The summed E-state index contributed by atoms with van der Waals surface area (Å²) in [5.74, 6) is -9.02. The van der Waals surface area contributed by atoms with E-state index in [9.17, 15) is 44.3 Å². The molecule has 0 spiro atoms. The Hall–Kier alpha value is -1.08. The predicted octanol–water partition coefficient (Wildman–Crippen LogP) is 2.29. The van der Waals surface area contributed by atoms with Crippen molar-refractivity contribution in [2.24, 2.45) is 0 Å². The van der Waals surface area contributed by atoms with Crippen molar-refractivity contribution >= 4 is 5.78 Å². The number of rotatable bonds is 6. The van der Waals surface area contributed by atoms with Crippen LogP contribution in [0.3, 0.4) is 0 Å². The Morgan fingerprint density at radius 3 is 1.87 bits per heavy atom. The lowest BCUT2D eigenvalue weighted by Crippen LogP contribution is -2.64. The summed E-state index contributed by atoms with van der Waals surface area (Å²) in [6, 6.07) is -5.39. The Kier molecular flexibility index (Phi) is 5.58. The number of alkyl halides is 9. The Bertz CT molecular complexity index is 436. The van der Waals surface area contributed by atoms with Crippen molar-refractivity contribution in [2.45, 2.75) is 24.2 Å². The van der Waals surface area contributed by atoms with Crippen molar-refractivity contribution in [3.8, 4) is 0 Å². The molecular weight excluding hydrogens is 353 g/mol. The highest BCUT2D eigenvalue weighted by Crippen LogP contribution is 2.46. The Morgan fingerprint density at radius 2 is 1.48 bits per heavy atom. The van der Waals surface area contributed by atoms with Crippen LogP contribution in [0.1, 0.15) is 0 Å². The molecule has 0 amide bonds. The second-order valence-electron chi connectivity index (χ2n) is 4.41. The van der Waals surface area contributed by atoms with E-state index in [-0.39, 0.29) is 4.90 Å². The molecule has 0 aliphatic carbocycles. The molecule has 1 atom stereocenters. The quantitative estimate of drug-likeness (QED) is 0.536. The predicted molar refractivity (Wildman–Crippen MR) is 54.2 cm³/mol. The Labute approximate surface area is 123 Å². The van der Waals surface area contributed by atoms with Gasteiger partial charge in [0.1, 0.15) is 0 Å². The largest absolute Gasteiger partial charge is 0.456 e. The molecule has 0 saturated carbocycles. The van der Waals surface area contributed by atoms with Gasteiger partial charge < -0.3 is 4.74 Å². The van der Waals surface area contributed by atoms with Crippen LogP contribution in [-0.2, 0) is 14.3 Å². The lowest BCUT2D eigenvalue weighted by molar-refractivity contribution is -0.458. The zero-order valence-corrected chi connectivity index (χ0v) is 11.1. The molecule has 0 aromatic carbocycles. The second-order valence-corrected chi connectivity index (χ2v) is 4.41. The van der Waals surface area contributed by atoms with E-state index in [1.807, 2.05) is 0 Å². The summed E-state index contributed by atoms with van der Waals surface area (Å²) in [5.41, 5.74) is 0. The molecule has 1 aliphatic rings. The molecule has 0 radical (unpaired) electrons. The van der Waals surface area contributed by atoms with E-state index in [0.717, 1.165) is 0 Å². The summed E-state index contributed by atoms with van der Waals surface area (Å²) >= 11 is 0. The minimum absolute atomic E-state index is 0.298. The zero-order valence-electron chi connectivity index (χ0n) is 11.1. The molecule has 0 N–H and O–H groups in total. The van der Waals surface area contributed by atoms with Gasteiger partial charge >= 0.3 is 24.2 Å². The lowest BCUT2D eigenvalue weighted by atomic mass is 10.2. The molecule has 1 aliphatic heterocycles. The van der Waals surface area contributed by atoms with E-state index < -0.39 is 62.9 Å². The molecule has 1 rings (SSSR count). The highest BCUT2D eigenvalue weighted by Gasteiger charge is 2.73. The Morgan fingerprint density at radius 1 is 1.00 bits per heavy atom. The van der Waals surface area contributed by atoms with Crippen molar-refractivity contribution in [1.82, 2.24) is 4.90 Å². The van der Waals surface area contributed by atoms with Gasteiger partial charge in [0.05, 0.1) is 13.2 Å². The highest BCUT2D eigenvalue weighted by atomic mass is 19.4. The number of morpholine rings is 1. The number of Topliss-reactive ketones (excluding diaryl/α,β-unsaturated/α-hetero) is 1. The minimum atomic E-state index is -6.49. The average Bonchev–Trinajstić information content (AvgIpc) is 2.45. The molecule has 1 heterocycles. The fourth-order valence-electron chi connectivity index (χ4n) is 1.63. The standard InChI is InChI=1S/C10H10F9NO3/c11-5-6(21)7(12,8(13,14)15)23-10(18,19)9(16,17)20-1-3-22-4-2-20/h1-5H2. The van der Waals surface area contributed by atoms with Crippen LogP contribution in [0.4, 0.5) is 39.5 Å². The first-order valence-electron chi connectivity index (χ1n) is 5.93. The van der Waals surface area contributed by atoms with E-state index in [4.69, 9.17) is 0 Å².